The molecule has 0 fully saturated rings. The van der Waals surface area contributed by atoms with E-state index < -0.39 is 6.04 Å². The average molecular weight is 511 g/mol. The first-order valence-electron chi connectivity index (χ1n) is 11.5. The van der Waals surface area contributed by atoms with Crippen LogP contribution in [-0.2, 0) is 6.42 Å². The zero-order chi connectivity index (χ0) is 25.8. The Labute approximate surface area is 217 Å². The van der Waals surface area contributed by atoms with Gasteiger partial charge >= 0.3 is 0 Å². The Morgan fingerprint density at radius 1 is 0.865 bits per heavy atom. The van der Waals surface area contributed by atoms with Crippen molar-refractivity contribution in [3.63, 3.8) is 0 Å². The molecule has 2 aromatic heterocycles. The molecule has 0 unspecified atom stereocenters. The van der Waals surface area contributed by atoms with Crippen LogP contribution in [0.25, 0.3) is 10.8 Å². The summed E-state index contributed by atoms with van der Waals surface area (Å²) in [6.07, 6.45) is 7.20. The molecule has 0 radical (unpaired) electrons. The van der Waals surface area contributed by atoms with E-state index in [2.05, 4.69) is 26.1 Å². The van der Waals surface area contributed by atoms with Gasteiger partial charge in [0.25, 0.3) is 17.7 Å². The van der Waals surface area contributed by atoms with Crippen molar-refractivity contribution in [2.24, 2.45) is 0 Å². The van der Waals surface area contributed by atoms with Gasteiger partial charge in [-0.15, -0.1) is 0 Å². The maximum Gasteiger partial charge on any atom is 0.269 e. The van der Waals surface area contributed by atoms with Crippen molar-refractivity contribution in [2.45, 2.75) is 12.5 Å². The van der Waals surface area contributed by atoms with Crippen LogP contribution < -0.4 is 16.2 Å². The van der Waals surface area contributed by atoms with Gasteiger partial charge in [0.2, 0.25) is 0 Å². The molecule has 3 N–H and O–H groups in total. The number of benzene rings is 2. The molecule has 4 aromatic rings. The molecule has 184 valence electrons. The van der Waals surface area contributed by atoms with Crippen molar-refractivity contribution in [2.75, 3.05) is 6.54 Å². The summed E-state index contributed by atoms with van der Waals surface area (Å²) in [7, 11) is 0. The van der Waals surface area contributed by atoms with Crippen LogP contribution >= 0.6 is 12.2 Å². The highest BCUT2D eigenvalue weighted by Gasteiger charge is 2.36. The summed E-state index contributed by atoms with van der Waals surface area (Å²) < 4.78 is 0. The molecular formula is C27H22N6O3S. The van der Waals surface area contributed by atoms with Gasteiger partial charge in [0.05, 0.1) is 17.2 Å². The quantitative estimate of drug-likeness (QED) is 0.206. The van der Waals surface area contributed by atoms with Gasteiger partial charge < -0.3 is 5.32 Å². The third-order valence-corrected chi connectivity index (χ3v) is 6.26. The number of amides is 3. The van der Waals surface area contributed by atoms with Crippen molar-refractivity contribution in [3.05, 3.63) is 108 Å². The van der Waals surface area contributed by atoms with Crippen molar-refractivity contribution in [1.82, 2.24) is 31.0 Å². The van der Waals surface area contributed by atoms with E-state index in [1.54, 1.807) is 61.2 Å². The smallest absolute Gasteiger partial charge is 0.269 e. The van der Waals surface area contributed by atoms with Gasteiger partial charge in [0, 0.05) is 42.3 Å². The zero-order valence-corrected chi connectivity index (χ0v) is 20.4. The van der Waals surface area contributed by atoms with Gasteiger partial charge in [-0.3, -0.25) is 40.1 Å². The van der Waals surface area contributed by atoms with Crippen LogP contribution in [0.3, 0.4) is 0 Å². The highest BCUT2D eigenvalue weighted by atomic mass is 32.1. The zero-order valence-electron chi connectivity index (χ0n) is 19.5. The molecule has 0 saturated heterocycles. The minimum Gasteiger partial charge on any atom is -0.356 e. The second-order valence-electron chi connectivity index (χ2n) is 8.51. The molecule has 0 spiro atoms. The van der Waals surface area contributed by atoms with Crippen molar-refractivity contribution in [1.29, 1.82) is 0 Å². The number of carbonyl (C=O) groups excluding carboxylic acids is 3. The number of hydrazine groups is 1. The Balaban J connectivity index is 1.26. The summed E-state index contributed by atoms with van der Waals surface area (Å²) in [5.74, 6) is -1.06. The summed E-state index contributed by atoms with van der Waals surface area (Å²) in [4.78, 5) is 47.8. The van der Waals surface area contributed by atoms with E-state index in [0.717, 1.165) is 16.3 Å². The minimum atomic E-state index is -0.422. The third-order valence-electron chi connectivity index (χ3n) is 6.04. The summed E-state index contributed by atoms with van der Waals surface area (Å²) in [6, 6.07) is 17.1. The molecule has 10 heteroatoms. The third kappa shape index (κ3) is 5.29. The van der Waals surface area contributed by atoms with Crippen LogP contribution in [0.15, 0.2) is 85.5 Å². The predicted molar refractivity (Wildman–Crippen MR) is 142 cm³/mol. The highest BCUT2D eigenvalue weighted by Crippen LogP contribution is 2.23. The SMILES string of the molecule is O=C(NNC(=S)N[C@H](Cc1ccncc1)CN1C(=O)c2ccccc2C1=O)c1ccc2cnccc2c1. The van der Waals surface area contributed by atoms with Crippen LogP contribution in [0.4, 0.5) is 0 Å². The van der Waals surface area contributed by atoms with Crippen molar-refractivity contribution >= 4 is 45.8 Å². The molecule has 0 bridgehead atoms. The van der Waals surface area contributed by atoms with E-state index in [1.165, 1.54) is 4.90 Å². The number of nitrogens with zero attached hydrogens (tertiary/aromatic N) is 3. The molecule has 2 aromatic carbocycles. The Morgan fingerprint density at radius 3 is 2.30 bits per heavy atom. The molecule has 5 rings (SSSR count). The van der Waals surface area contributed by atoms with Gasteiger partial charge in [-0.05, 0) is 72.1 Å². The lowest BCUT2D eigenvalue weighted by Crippen LogP contribution is -2.53. The van der Waals surface area contributed by atoms with Crippen LogP contribution in [0.2, 0.25) is 0 Å². The predicted octanol–water partition coefficient (Wildman–Crippen LogP) is 2.65. The van der Waals surface area contributed by atoms with Gasteiger partial charge in [-0.1, -0.05) is 18.2 Å². The molecule has 3 heterocycles. The Hall–Kier alpha value is -4.70. The highest BCUT2D eigenvalue weighted by molar-refractivity contribution is 7.80. The van der Waals surface area contributed by atoms with Crippen molar-refractivity contribution < 1.29 is 14.4 Å². The number of aromatic nitrogens is 2. The maximum atomic E-state index is 12.9. The Morgan fingerprint density at radius 2 is 1.57 bits per heavy atom. The number of hydrogen-bond donors (Lipinski definition) is 3. The number of thiocarbonyl (C=S) groups is 1. The first kappa shape index (κ1) is 24.0. The fourth-order valence-corrected chi connectivity index (χ4v) is 4.44. The number of fused-ring (bicyclic) bond motifs is 2. The molecular weight excluding hydrogens is 488 g/mol. The van der Waals surface area contributed by atoms with E-state index in [9.17, 15) is 14.4 Å². The summed E-state index contributed by atoms with van der Waals surface area (Å²) in [6.45, 7) is 0.0865. The number of nitrogens with one attached hydrogen (secondary N) is 3. The molecule has 9 nitrogen and oxygen atoms in total. The second-order valence-corrected chi connectivity index (χ2v) is 8.92. The van der Waals surface area contributed by atoms with Gasteiger partial charge in [-0.2, -0.15) is 0 Å². The van der Waals surface area contributed by atoms with Gasteiger partial charge in [0.1, 0.15) is 0 Å². The lowest BCUT2D eigenvalue weighted by atomic mass is 10.1. The summed E-state index contributed by atoms with van der Waals surface area (Å²) in [5.41, 5.74) is 7.47. The number of carbonyl (C=O) groups is 3. The monoisotopic (exact) mass is 510 g/mol. The topological polar surface area (TPSA) is 116 Å². The fraction of sp³-hybridized carbons (Fsp3) is 0.111. The van der Waals surface area contributed by atoms with Crippen LogP contribution in [0.1, 0.15) is 36.6 Å². The minimum absolute atomic E-state index is 0.0865. The number of imide groups is 1. The molecule has 1 atom stereocenters. The lowest BCUT2D eigenvalue weighted by molar-refractivity contribution is 0.0641. The summed E-state index contributed by atoms with van der Waals surface area (Å²) >= 11 is 5.42. The fourth-order valence-electron chi connectivity index (χ4n) is 4.22. The van der Waals surface area contributed by atoms with E-state index in [1.807, 2.05) is 24.3 Å². The van der Waals surface area contributed by atoms with E-state index in [-0.39, 0.29) is 29.4 Å². The van der Waals surface area contributed by atoms with Crippen LogP contribution in [0.5, 0.6) is 0 Å². The maximum absolute atomic E-state index is 12.9. The van der Waals surface area contributed by atoms with Crippen LogP contribution in [-0.4, -0.2) is 50.3 Å². The van der Waals surface area contributed by atoms with Gasteiger partial charge in [0.15, 0.2) is 5.11 Å². The first-order valence-corrected chi connectivity index (χ1v) is 11.9. The van der Waals surface area contributed by atoms with Gasteiger partial charge in [-0.25, -0.2) is 0 Å². The van der Waals surface area contributed by atoms with E-state index >= 15 is 0 Å². The molecule has 3 amide bonds. The largest absolute Gasteiger partial charge is 0.356 e. The number of rotatable bonds is 6. The van der Waals surface area contributed by atoms with Crippen LogP contribution in [0, 0.1) is 0 Å². The normalized spacial score (nSPS) is 13.2. The standard InChI is InChI=1S/C27H22N6O3S/c34-24(19-5-6-20-15-29-12-9-18(20)14-19)31-32-27(37)30-21(13-17-7-10-28-11-8-17)16-33-25(35)22-3-1-2-4-23(22)26(33)36/h1-12,14-15,21H,13,16H2,(H,31,34)(H2,30,32,37)/t21-/m1/s1. The molecule has 0 aliphatic carbocycles. The Kier molecular flexibility index (Phi) is 6.82. The van der Waals surface area contributed by atoms with E-state index in [4.69, 9.17) is 12.2 Å². The second kappa shape index (κ2) is 10.5. The number of hydrogen-bond acceptors (Lipinski definition) is 6. The molecule has 37 heavy (non-hydrogen) atoms. The van der Waals surface area contributed by atoms with E-state index in [0.29, 0.717) is 23.1 Å². The molecule has 1 aliphatic heterocycles. The first-order chi connectivity index (χ1) is 18.0. The average Bonchev–Trinajstić information content (AvgIpc) is 3.17. The number of pyridine rings is 2. The summed E-state index contributed by atoms with van der Waals surface area (Å²) in [5, 5.41) is 5.09. The van der Waals surface area contributed by atoms with Crippen molar-refractivity contribution in [3.8, 4) is 0 Å². The molecule has 0 saturated carbocycles. The molecule has 1 aliphatic rings. The Bertz CT molecular complexity index is 1480. The lowest BCUT2D eigenvalue weighted by Gasteiger charge is -2.25.